The third-order valence-corrected chi connectivity index (χ3v) is 1.44. The highest BCUT2D eigenvalue weighted by Gasteiger charge is 2.12. The molecule has 1 aromatic carbocycles. The monoisotopic (exact) mass is 180 g/mol. The van der Waals surface area contributed by atoms with Crippen LogP contribution in [0, 0.1) is 5.82 Å². The highest BCUT2D eigenvalue weighted by Crippen LogP contribution is 2.17. The molecule has 3 heteroatoms. The molecule has 0 aliphatic rings. The minimum Gasteiger partial charge on any atom is -0.488 e. The van der Waals surface area contributed by atoms with Crippen molar-refractivity contribution in [1.82, 2.24) is 0 Å². The maximum Gasteiger partial charge on any atom is 0.139 e. The molecule has 0 radical (unpaired) electrons. The molecule has 0 unspecified atom stereocenters. The Bertz CT molecular complexity index is 284. The van der Waals surface area contributed by atoms with Gasteiger partial charge in [-0.15, -0.1) is 0 Å². The number of halogens is 1. The Morgan fingerprint density at radius 1 is 1.23 bits per heavy atom. The van der Waals surface area contributed by atoms with Crippen LogP contribution >= 0.6 is 0 Å². The summed E-state index contributed by atoms with van der Waals surface area (Å²) in [4.78, 5) is 0. The summed E-state index contributed by atoms with van der Waals surface area (Å²) >= 11 is 0. The minimum atomic E-state index is -0.278. The van der Waals surface area contributed by atoms with Gasteiger partial charge in [-0.05, 0) is 32.9 Å². The Morgan fingerprint density at radius 3 is 2.31 bits per heavy atom. The van der Waals surface area contributed by atoms with Crippen molar-refractivity contribution in [3.8, 4) is 5.75 Å². The molecule has 0 aliphatic heterocycles. The van der Waals surface area contributed by atoms with Gasteiger partial charge in [-0.25, -0.2) is 4.39 Å². The van der Waals surface area contributed by atoms with Gasteiger partial charge in [0.15, 0.2) is 0 Å². The van der Waals surface area contributed by atoms with E-state index in [9.17, 15) is 4.39 Å². The van der Waals surface area contributed by atoms with Crippen molar-refractivity contribution < 1.29 is 9.13 Å². The molecule has 70 valence electrons. The second-order valence-corrected chi connectivity index (χ2v) is 4.18. The van der Waals surface area contributed by atoms with Gasteiger partial charge in [-0.3, -0.25) is 0 Å². The molecule has 0 amide bonds. The van der Waals surface area contributed by atoms with Crippen molar-refractivity contribution in [1.29, 1.82) is 0 Å². The van der Waals surface area contributed by atoms with Crippen LogP contribution in [0.15, 0.2) is 18.2 Å². The molecule has 0 bridgehead atoms. The molecule has 0 fully saturated rings. The van der Waals surface area contributed by atoms with Crippen molar-refractivity contribution in [3.63, 3.8) is 0 Å². The first kappa shape index (κ1) is 10.1. The van der Waals surface area contributed by atoms with Crippen LogP contribution in [0.3, 0.4) is 0 Å². The van der Waals surface area contributed by atoms with Crippen molar-refractivity contribution in [3.05, 3.63) is 24.0 Å². The minimum absolute atomic E-state index is 0.251. The predicted octanol–water partition coefficient (Wildman–Crippen LogP) is 1.26. The maximum atomic E-state index is 12.9. The maximum absolute atomic E-state index is 12.9. The molecular formula is C10H14BFO. The van der Waals surface area contributed by atoms with Crippen LogP contribution in [0.4, 0.5) is 4.39 Å². The molecule has 0 spiro atoms. The summed E-state index contributed by atoms with van der Waals surface area (Å²) < 4.78 is 18.4. The van der Waals surface area contributed by atoms with Crippen LogP contribution in [0.2, 0.25) is 0 Å². The van der Waals surface area contributed by atoms with E-state index in [1.54, 1.807) is 0 Å². The summed E-state index contributed by atoms with van der Waals surface area (Å²) in [6.07, 6.45) is 0. The molecule has 0 saturated carbocycles. The molecule has 0 atom stereocenters. The predicted molar refractivity (Wildman–Crippen MR) is 55.0 cm³/mol. The molecule has 0 heterocycles. The Balaban J connectivity index is 2.90. The zero-order valence-corrected chi connectivity index (χ0v) is 8.52. The van der Waals surface area contributed by atoms with Gasteiger partial charge in [0.05, 0.1) is 0 Å². The van der Waals surface area contributed by atoms with Crippen molar-refractivity contribution >= 4 is 13.3 Å². The van der Waals surface area contributed by atoms with Gasteiger partial charge in [0, 0.05) is 6.07 Å². The van der Waals surface area contributed by atoms with Crippen LogP contribution in [-0.2, 0) is 0 Å². The molecule has 1 rings (SSSR count). The average Bonchev–Trinajstić information content (AvgIpc) is 1.78. The third kappa shape index (κ3) is 3.49. The molecule has 0 N–H and O–H groups in total. The standard InChI is InChI=1S/C10H14BFO/c1-10(2,3)13-9-5-7(11)4-8(12)6-9/h4-6H,11H2,1-3H3. The Morgan fingerprint density at radius 2 is 1.85 bits per heavy atom. The first-order valence-electron chi connectivity index (χ1n) is 4.33. The first-order chi connectivity index (χ1) is 5.87. The van der Waals surface area contributed by atoms with Crippen molar-refractivity contribution in [2.24, 2.45) is 0 Å². The molecule has 0 aromatic heterocycles. The van der Waals surface area contributed by atoms with E-state index in [4.69, 9.17) is 4.74 Å². The van der Waals surface area contributed by atoms with Crippen LogP contribution in [-0.4, -0.2) is 13.4 Å². The van der Waals surface area contributed by atoms with E-state index in [-0.39, 0.29) is 11.4 Å². The second kappa shape index (κ2) is 3.40. The topological polar surface area (TPSA) is 9.23 Å². The molecular weight excluding hydrogens is 166 g/mol. The van der Waals surface area contributed by atoms with Crippen LogP contribution < -0.4 is 10.2 Å². The number of ether oxygens (including phenoxy) is 1. The number of rotatable bonds is 1. The highest BCUT2D eigenvalue weighted by molar-refractivity contribution is 6.32. The Hall–Kier alpha value is -0.985. The zero-order valence-electron chi connectivity index (χ0n) is 8.52. The summed E-state index contributed by atoms with van der Waals surface area (Å²) in [5.41, 5.74) is 0.597. The fourth-order valence-corrected chi connectivity index (χ4v) is 1.12. The quantitative estimate of drug-likeness (QED) is 0.591. The second-order valence-electron chi connectivity index (χ2n) is 4.18. The summed E-state index contributed by atoms with van der Waals surface area (Å²) in [6.45, 7) is 5.81. The molecule has 0 saturated heterocycles. The fraction of sp³-hybridized carbons (Fsp3) is 0.400. The lowest BCUT2D eigenvalue weighted by molar-refractivity contribution is 0.130. The smallest absolute Gasteiger partial charge is 0.139 e. The van der Waals surface area contributed by atoms with E-state index >= 15 is 0 Å². The molecule has 13 heavy (non-hydrogen) atoms. The number of hydrogen-bond acceptors (Lipinski definition) is 1. The van der Waals surface area contributed by atoms with E-state index < -0.39 is 0 Å². The summed E-state index contributed by atoms with van der Waals surface area (Å²) in [6, 6.07) is 4.71. The zero-order chi connectivity index (χ0) is 10.1. The van der Waals surface area contributed by atoms with Crippen LogP contribution in [0.1, 0.15) is 20.8 Å². The van der Waals surface area contributed by atoms with Gasteiger partial charge in [-0.1, -0.05) is 5.46 Å². The van der Waals surface area contributed by atoms with Gasteiger partial charge in [0.2, 0.25) is 0 Å². The lowest BCUT2D eigenvalue weighted by Gasteiger charge is -2.21. The number of hydrogen-bond donors (Lipinski definition) is 0. The summed E-state index contributed by atoms with van der Waals surface area (Å²) in [5, 5.41) is 0. The van der Waals surface area contributed by atoms with Gasteiger partial charge in [0.1, 0.15) is 25.0 Å². The first-order valence-corrected chi connectivity index (χ1v) is 4.33. The van der Waals surface area contributed by atoms with E-state index in [2.05, 4.69) is 0 Å². The van der Waals surface area contributed by atoms with E-state index in [1.807, 2.05) is 34.7 Å². The summed E-state index contributed by atoms with van der Waals surface area (Å²) in [7, 11) is 1.85. The van der Waals surface area contributed by atoms with E-state index in [0.29, 0.717) is 5.75 Å². The molecule has 0 aliphatic carbocycles. The van der Waals surface area contributed by atoms with Gasteiger partial charge in [0.25, 0.3) is 0 Å². The summed E-state index contributed by atoms with van der Waals surface area (Å²) in [5.74, 6) is 0.337. The average molecular weight is 180 g/mol. The van der Waals surface area contributed by atoms with Gasteiger partial charge < -0.3 is 4.74 Å². The Labute approximate surface area is 79.3 Å². The lowest BCUT2D eigenvalue weighted by Crippen LogP contribution is -2.23. The molecule has 1 nitrogen and oxygen atoms in total. The van der Waals surface area contributed by atoms with E-state index in [1.165, 1.54) is 12.1 Å². The third-order valence-electron chi connectivity index (χ3n) is 1.44. The van der Waals surface area contributed by atoms with Gasteiger partial charge >= 0.3 is 0 Å². The molecule has 1 aromatic rings. The SMILES string of the molecule is Bc1cc(F)cc(OC(C)(C)C)c1. The fourth-order valence-electron chi connectivity index (χ4n) is 1.12. The highest BCUT2D eigenvalue weighted by atomic mass is 19.1. The van der Waals surface area contributed by atoms with E-state index in [0.717, 1.165) is 5.46 Å². The Kier molecular flexibility index (Phi) is 2.64. The largest absolute Gasteiger partial charge is 0.488 e. The van der Waals surface area contributed by atoms with Crippen LogP contribution in [0.5, 0.6) is 5.75 Å². The van der Waals surface area contributed by atoms with Crippen molar-refractivity contribution in [2.75, 3.05) is 0 Å². The normalized spacial score (nSPS) is 11.4. The lowest BCUT2D eigenvalue weighted by atomic mass is 9.96. The number of benzene rings is 1. The van der Waals surface area contributed by atoms with Crippen LogP contribution in [0.25, 0.3) is 0 Å². The van der Waals surface area contributed by atoms with Crippen molar-refractivity contribution in [2.45, 2.75) is 26.4 Å². The van der Waals surface area contributed by atoms with Gasteiger partial charge in [-0.2, -0.15) is 0 Å².